The number of benzene rings is 3. The summed E-state index contributed by atoms with van der Waals surface area (Å²) >= 11 is 0. The average molecular weight is 459 g/mol. The van der Waals surface area contributed by atoms with Gasteiger partial charge in [0.05, 0.1) is 11.4 Å². The molecule has 0 spiro atoms. The Bertz CT molecular complexity index is 1060. The fraction of sp³-hybridized carbons (Fsp3) is 0.286. The van der Waals surface area contributed by atoms with Crippen LogP contribution in [0.2, 0.25) is 0 Å². The van der Waals surface area contributed by atoms with E-state index in [0.717, 1.165) is 37.6 Å². The zero-order chi connectivity index (χ0) is 24.5. The van der Waals surface area contributed by atoms with Crippen molar-refractivity contribution in [1.29, 1.82) is 0 Å². The zero-order valence-electron chi connectivity index (χ0n) is 20.4. The topological polar surface area (TPSA) is 71.7 Å². The fourth-order valence-corrected chi connectivity index (χ4v) is 3.81. The number of nitrogens with zero attached hydrogens (tertiary/aromatic N) is 4. The summed E-state index contributed by atoms with van der Waals surface area (Å²) in [5, 5.41) is 21.0. The molecular weight excluding hydrogens is 424 g/mol. The zero-order valence-corrected chi connectivity index (χ0v) is 20.4. The molecule has 0 aliphatic heterocycles. The van der Waals surface area contributed by atoms with Gasteiger partial charge in [0, 0.05) is 73.2 Å². The molecule has 6 nitrogen and oxygen atoms in total. The van der Waals surface area contributed by atoms with Gasteiger partial charge < -0.3 is 20.0 Å². The highest BCUT2D eigenvalue weighted by Crippen LogP contribution is 2.30. The summed E-state index contributed by atoms with van der Waals surface area (Å²) in [7, 11) is 0. The van der Waals surface area contributed by atoms with Gasteiger partial charge in [-0.15, -0.1) is 0 Å². The number of anilines is 2. The molecule has 3 rings (SSSR count). The number of phenols is 2. The maximum absolute atomic E-state index is 10.5. The first-order valence-electron chi connectivity index (χ1n) is 11.8. The molecule has 0 aliphatic carbocycles. The molecule has 2 N–H and O–H groups in total. The minimum absolute atomic E-state index is 0.187. The molecule has 0 heterocycles. The molecule has 0 aliphatic rings. The van der Waals surface area contributed by atoms with Crippen molar-refractivity contribution in [2.75, 3.05) is 36.0 Å². The van der Waals surface area contributed by atoms with Crippen LogP contribution in [-0.2, 0) is 0 Å². The summed E-state index contributed by atoms with van der Waals surface area (Å²) in [6.45, 7) is 11.9. The average Bonchev–Trinajstić information content (AvgIpc) is 2.85. The first kappa shape index (κ1) is 24.8. The first-order valence-corrected chi connectivity index (χ1v) is 11.8. The van der Waals surface area contributed by atoms with Gasteiger partial charge in [0.25, 0.3) is 0 Å². The minimum Gasteiger partial charge on any atom is -0.507 e. The van der Waals surface area contributed by atoms with Gasteiger partial charge in [0.15, 0.2) is 0 Å². The van der Waals surface area contributed by atoms with Gasteiger partial charge in [-0.2, -0.15) is 0 Å². The van der Waals surface area contributed by atoms with E-state index in [1.165, 1.54) is 0 Å². The Morgan fingerprint density at radius 3 is 1.32 bits per heavy atom. The van der Waals surface area contributed by atoms with Crippen LogP contribution in [0.15, 0.2) is 70.6 Å². The lowest BCUT2D eigenvalue weighted by Crippen LogP contribution is -2.21. The quantitative estimate of drug-likeness (QED) is 0.350. The van der Waals surface area contributed by atoms with Crippen LogP contribution in [0.5, 0.6) is 11.5 Å². The molecule has 0 saturated carbocycles. The summed E-state index contributed by atoms with van der Waals surface area (Å²) in [6.07, 6.45) is 3.29. The molecule has 0 atom stereocenters. The highest BCUT2D eigenvalue weighted by atomic mass is 16.3. The van der Waals surface area contributed by atoms with E-state index in [0.29, 0.717) is 22.5 Å². The number of hydrogen-bond acceptors (Lipinski definition) is 6. The van der Waals surface area contributed by atoms with Crippen molar-refractivity contribution in [2.45, 2.75) is 27.7 Å². The molecular formula is C28H34N4O2. The maximum Gasteiger partial charge on any atom is 0.126 e. The van der Waals surface area contributed by atoms with Crippen molar-refractivity contribution in [2.24, 2.45) is 9.98 Å². The van der Waals surface area contributed by atoms with E-state index in [1.807, 2.05) is 48.5 Å². The van der Waals surface area contributed by atoms with Crippen LogP contribution in [0.4, 0.5) is 22.7 Å². The number of aromatic hydroxyl groups is 2. The van der Waals surface area contributed by atoms with Gasteiger partial charge in [-0.25, -0.2) is 0 Å². The summed E-state index contributed by atoms with van der Waals surface area (Å²) in [6, 6.07) is 18.8. The van der Waals surface area contributed by atoms with Crippen LogP contribution in [0, 0.1) is 0 Å². The van der Waals surface area contributed by atoms with Crippen LogP contribution in [0.25, 0.3) is 0 Å². The fourth-order valence-electron chi connectivity index (χ4n) is 3.81. The van der Waals surface area contributed by atoms with Crippen molar-refractivity contribution in [3.63, 3.8) is 0 Å². The molecule has 0 saturated heterocycles. The molecule has 0 radical (unpaired) electrons. The smallest absolute Gasteiger partial charge is 0.126 e. The normalized spacial score (nSPS) is 11.4. The van der Waals surface area contributed by atoms with Crippen LogP contribution >= 0.6 is 0 Å². The van der Waals surface area contributed by atoms with Crippen molar-refractivity contribution >= 4 is 35.2 Å². The number of para-hydroxylation sites is 2. The van der Waals surface area contributed by atoms with Crippen molar-refractivity contribution < 1.29 is 10.2 Å². The van der Waals surface area contributed by atoms with Gasteiger partial charge in [0.2, 0.25) is 0 Å². The van der Waals surface area contributed by atoms with Gasteiger partial charge in [-0.3, -0.25) is 9.98 Å². The lowest BCUT2D eigenvalue weighted by Gasteiger charge is -2.21. The summed E-state index contributed by atoms with van der Waals surface area (Å²) in [5.74, 6) is 0.375. The second-order valence-electron chi connectivity index (χ2n) is 7.84. The van der Waals surface area contributed by atoms with Gasteiger partial charge in [-0.05, 0) is 64.1 Å². The molecule has 6 heteroatoms. The molecule has 3 aromatic carbocycles. The Morgan fingerprint density at radius 1 is 0.618 bits per heavy atom. The molecule has 0 aromatic heterocycles. The summed E-state index contributed by atoms with van der Waals surface area (Å²) in [4.78, 5) is 13.5. The number of hydrogen-bond donors (Lipinski definition) is 2. The van der Waals surface area contributed by atoms with Crippen LogP contribution in [0.1, 0.15) is 38.8 Å². The van der Waals surface area contributed by atoms with Crippen molar-refractivity contribution in [1.82, 2.24) is 0 Å². The monoisotopic (exact) mass is 458 g/mol. The SMILES string of the molecule is CCN(CC)c1ccc(C=Nc2ccccc2N=Cc2ccc(N(CC)CC)cc2O)c(O)c1. The lowest BCUT2D eigenvalue weighted by molar-refractivity contribution is 0.474. The third kappa shape index (κ3) is 5.95. The molecule has 0 fully saturated rings. The highest BCUT2D eigenvalue weighted by molar-refractivity contribution is 5.90. The van der Waals surface area contributed by atoms with E-state index >= 15 is 0 Å². The maximum atomic E-state index is 10.5. The Balaban J connectivity index is 1.82. The molecule has 0 bridgehead atoms. The van der Waals surface area contributed by atoms with Crippen LogP contribution < -0.4 is 9.80 Å². The van der Waals surface area contributed by atoms with E-state index in [9.17, 15) is 10.2 Å². The Hall–Kier alpha value is -3.80. The largest absolute Gasteiger partial charge is 0.507 e. The van der Waals surface area contributed by atoms with Gasteiger partial charge in [-0.1, -0.05) is 12.1 Å². The van der Waals surface area contributed by atoms with E-state index in [-0.39, 0.29) is 11.5 Å². The molecule has 0 unspecified atom stereocenters. The highest BCUT2D eigenvalue weighted by Gasteiger charge is 2.07. The molecule has 0 amide bonds. The Labute approximate surface area is 202 Å². The first-order chi connectivity index (χ1) is 16.5. The van der Waals surface area contributed by atoms with E-state index < -0.39 is 0 Å². The van der Waals surface area contributed by atoms with Crippen LogP contribution in [0.3, 0.4) is 0 Å². The van der Waals surface area contributed by atoms with Gasteiger partial charge >= 0.3 is 0 Å². The summed E-state index contributed by atoms with van der Waals surface area (Å²) in [5.41, 5.74) is 4.59. The molecule has 34 heavy (non-hydrogen) atoms. The Kier molecular flexibility index (Phi) is 8.68. The lowest BCUT2D eigenvalue weighted by atomic mass is 10.1. The third-order valence-electron chi connectivity index (χ3n) is 5.85. The number of rotatable bonds is 10. The van der Waals surface area contributed by atoms with Crippen molar-refractivity contribution in [3.05, 3.63) is 71.8 Å². The van der Waals surface area contributed by atoms with Gasteiger partial charge in [0.1, 0.15) is 11.5 Å². The number of phenolic OH excluding ortho intramolecular Hbond substituents is 2. The standard InChI is InChI=1S/C28H34N4O2/c1-5-31(6-2)23-15-13-21(27(33)17-23)19-29-25-11-9-10-12-26(25)30-20-22-14-16-24(18-28(22)34)32(7-3)8-4/h9-20,33-34H,5-8H2,1-4H3. The second-order valence-corrected chi connectivity index (χ2v) is 7.84. The predicted molar refractivity (Wildman–Crippen MR) is 144 cm³/mol. The predicted octanol–water partition coefficient (Wildman–Crippen LogP) is 6.29. The van der Waals surface area contributed by atoms with Crippen LogP contribution in [-0.4, -0.2) is 48.8 Å². The van der Waals surface area contributed by atoms with E-state index in [2.05, 4.69) is 47.5 Å². The molecule has 178 valence electrons. The Morgan fingerprint density at radius 2 is 1.00 bits per heavy atom. The number of aliphatic imine (C=N–C) groups is 2. The second kappa shape index (κ2) is 11.9. The minimum atomic E-state index is 0.187. The third-order valence-corrected chi connectivity index (χ3v) is 5.85. The van der Waals surface area contributed by atoms with E-state index in [1.54, 1.807) is 24.6 Å². The van der Waals surface area contributed by atoms with E-state index in [4.69, 9.17) is 0 Å². The molecule has 3 aromatic rings. The summed E-state index contributed by atoms with van der Waals surface area (Å²) < 4.78 is 0. The van der Waals surface area contributed by atoms with Crippen molar-refractivity contribution in [3.8, 4) is 11.5 Å².